The van der Waals surface area contributed by atoms with Gasteiger partial charge in [0.1, 0.15) is 6.04 Å². The van der Waals surface area contributed by atoms with E-state index in [0.29, 0.717) is 12.5 Å². The fourth-order valence-corrected chi connectivity index (χ4v) is 2.46. The standard InChI is InChI=1S/C17H21BrN2O/c1-11(2)10-19-17(21)12(3)20-16-7-5-13-8-15(18)6-4-14(13)9-16/h4-9,11-12,20H,10H2,1-3H3,(H,19,21). The molecule has 1 amide bonds. The van der Waals surface area contributed by atoms with Crippen molar-refractivity contribution < 1.29 is 4.79 Å². The van der Waals surface area contributed by atoms with Crippen molar-refractivity contribution in [1.82, 2.24) is 5.32 Å². The van der Waals surface area contributed by atoms with Gasteiger partial charge in [-0.3, -0.25) is 4.79 Å². The molecule has 0 fully saturated rings. The number of anilines is 1. The van der Waals surface area contributed by atoms with Crippen LogP contribution >= 0.6 is 15.9 Å². The zero-order valence-electron chi connectivity index (χ0n) is 12.6. The SMILES string of the molecule is CC(C)CNC(=O)C(C)Nc1ccc2cc(Br)ccc2c1. The zero-order chi connectivity index (χ0) is 15.4. The van der Waals surface area contributed by atoms with E-state index in [9.17, 15) is 4.79 Å². The van der Waals surface area contributed by atoms with Gasteiger partial charge in [0.15, 0.2) is 0 Å². The maximum absolute atomic E-state index is 12.0. The predicted octanol–water partition coefficient (Wildman–Crippen LogP) is 4.17. The zero-order valence-corrected chi connectivity index (χ0v) is 14.2. The summed E-state index contributed by atoms with van der Waals surface area (Å²) in [5.41, 5.74) is 0.956. The Balaban J connectivity index is 2.05. The monoisotopic (exact) mass is 348 g/mol. The molecule has 0 saturated heterocycles. The highest BCUT2D eigenvalue weighted by atomic mass is 79.9. The van der Waals surface area contributed by atoms with Crippen LogP contribution in [0.25, 0.3) is 10.8 Å². The molecule has 21 heavy (non-hydrogen) atoms. The van der Waals surface area contributed by atoms with E-state index in [-0.39, 0.29) is 11.9 Å². The van der Waals surface area contributed by atoms with Crippen molar-refractivity contribution in [2.75, 3.05) is 11.9 Å². The summed E-state index contributed by atoms with van der Waals surface area (Å²) in [5.74, 6) is 0.486. The predicted molar refractivity (Wildman–Crippen MR) is 92.6 cm³/mol. The first-order chi connectivity index (χ1) is 9.95. The van der Waals surface area contributed by atoms with E-state index in [0.717, 1.165) is 15.5 Å². The number of benzene rings is 2. The number of hydrogen-bond acceptors (Lipinski definition) is 2. The van der Waals surface area contributed by atoms with Gasteiger partial charge >= 0.3 is 0 Å². The van der Waals surface area contributed by atoms with Crippen molar-refractivity contribution in [1.29, 1.82) is 0 Å². The quantitative estimate of drug-likeness (QED) is 0.850. The molecule has 0 aromatic heterocycles. The lowest BCUT2D eigenvalue weighted by Crippen LogP contribution is -2.39. The lowest BCUT2D eigenvalue weighted by atomic mass is 10.1. The normalized spacial score (nSPS) is 12.4. The van der Waals surface area contributed by atoms with E-state index in [1.54, 1.807) is 0 Å². The van der Waals surface area contributed by atoms with E-state index in [2.05, 4.69) is 64.7 Å². The lowest BCUT2D eigenvalue weighted by Gasteiger charge is -2.16. The summed E-state index contributed by atoms with van der Waals surface area (Å²) in [6, 6.07) is 12.0. The van der Waals surface area contributed by atoms with Gasteiger partial charge in [0.25, 0.3) is 0 Å². The summed E-state index contributed by atoms with van der Waals surface area (Å²) in [6.07, 6.45) is 0. The number of hydrogen-bond donors (Lipinski definition) is 2. The molecule has 2 aromatic rings. The molecule has 0 aliphatic carbocycles. The van der Waals surface area contributed by atoms with E-state index < -0.39 is 0 Å². The lowest BCUT2D eigenvalue weighted by molar-refractivity contribution is -0.121. The van der Waals surface area contributed by atoms with Gasteiger partial charge in [-0.1, -0.05) is 41.9 Å². The molecule has 1 unspecified atom stereocenters. The molecule has 2 N–H and O–H groups in total. The van der Waals surface area contributed by atoms with E-state index in [1.807, 2.05) is 19.1 Å². The van der Waals surface area contributed by atoms with Crippen molar-refractivity contribution in [3.63, 3.8) is 0 Å². The number of carbonyl (C=O) groups excluding carboxylic acids is 1. The largest absolute Gasteiger partial charge is 0.374 e. The second-order valence-corrected chi connectivity index (χ2v) is 6.63. The molecule has 0 heterocycles. The van der Waals surface area contributed by atoms with E-state index in [1.165, 1.54) is 5.39 Å². The van der Waals surface area contributed by atoms with Gasteiger partial charge < -0.3 is 10.6 Å². The topological polar surface area (TPSA) is 41.1 Å². The van der Waals surface area contributed by atoms with Gasteiger partial charge in [0.05, 0.1) is 0 Å². The smallest absolute Gasteiger partial charge is 0.242 e. The molecule has 0 spiro atoms. The molecular weight excluding hydrogens is 328 g/mol. The minimum atomic E-state index is -0.253. The summed E-state index contributed by atoms with van der Waals surface area (Å²) in [6.45, 7) is 6.75. The molecule has 3 nitrogen and oxygen atoms in total. The average Bonchev–Trinajstić information content (AvgIpc) is 2.44. The third-order valence-corrected chi connectivity index (χ3v) is 3.76. The second kappa shape index (κ2) is 6.94. The highest BCUT2D eigenvalue weighted by molar-refractivity contribution is 9.10. The minimum absolute atomic E-state index is 0.0274. The molecule has 0 radical (unpaired) electrons. The van der Waals surface area contributed by atoms with Crippen LogP contribution in [0.3, 0.4) is 0 Å². The Hall–Kier alpha value is -1.55. The maximum Gasteiger partial charge on any atom is 0.242 e. The number of fused-ring (bicyclic) bond motifs is 1. The molecule has 112 valence electrons. The van der Waals surface area contributed by atoms with Gasteiger partial charge in [-0.25, -0.2) is 0 Å². The van der Waals surface area contributed by atoms with E-state index in [4.69, 9.17) is 0 Å². The summed E-state index contributed by atoms with van der Waals surface area (Å²) < 4.78 is 1.07. The number of amides is 1. The number of carbonyl (C=O) groups is 1. The van der Waals surface area contributed by atoms with Crippen molar-refractivity contribution in [3.05, 3.63) is 40.9 Å². The summed E-state index contributed by atoms with van der Waals surface area (Å²) in [7, 11) is 0. The Bertz CT molecular complexity index is 640. The highest BCUT2D eigenvalue weighted by Crippen LogP contribution is 2.23. The van der Waals surface area contributed by atoms with Crippen molar-refractivity contribution in [2.45, 2.75) is 26.8 Å². The van der Waals surface area contributed by atoms with Crippen LogP contribution in [0.1, 0.15) is 20.8 Å². The van der Waals surface area contributed by atoms with Crippen LogP contribution in [0, 0.1) is 5.92 Å². The van der Waals surface area contributed by atoms with Gasteiger partial charge in [0, 0.05) is 16.7 Å². The summed E-state index contributed by atoms with van der Waals surface area (Å²) >= 11 is 3.47. The Morgan fingerprint density at radius 1 is 1.10 bits per heavy atom. The van der Waals surface area contributed by atoms with Crippen LogP contribution in [0.5, 0.6) is 0 Å². The molecule has 4 heteroatoms. The summed E-state index contributed by atoms with van der Waals surface area (Å²) in [4.78, 5) is 12.0. The van der Waals surface area contributed by atoms with Crippen molar-refractivity contribution >= 4 is 38.3 Å². The molecule has 1 atom stereocenters. The fourth-order valence-electron chi connectivity index (χ4n) is 2.08. The Morgan fingerprint density at radius 3 is 2.48 bits per heavy atom. The van der Waals surface area contributed by atoms with Crippen LogP contribution in [-0.4, -0.2) is 18.5 Å². The first-order valence-corrected chi connectivity index (χ1v) is 7.98. The molecule has 2 aromatic carbocycles. The van der Waals surface area contributed by atoms with Gasteiger partial charge in [-0.05, 0) is 47.9 Å². The molecular formula is C17H21BrN2O. The van der Waals surface area contributed by atoms with Gasteiger partial charge in [-0.2, -0.15) is 0 Å². The third kappa shape index (κ3) is 4.46. The maximum atomic E-state index is 12.0. The number of rotatable bonds is 5. The Morgan fingerprint density at radius 2 is 1.76 bits per heavy atom. The molecule has 0 bridgehead atoms. The van der Waals surface area contributed by atoms with Crippen molar-refractivity contribution in [2.24, 2.45) is 5.92 Å². The third-order valence-electron chi connectivity index (χ3n) is 3.26. The molecule has 2 rings (SSSR count). The van der Waals surface area contributed by atoms with Crippen LogP contribution in [0.2, 0.25) is 0 Å². The number of nitrogens with one attached hydrogen (secondary N) is 2. The van der Waals surface area contributed by atoms with E-state index >= 15 is 0 Å². The Kier molecular flexibility index (Phi) is 5.23. The average molecular weight is 349 g/mol. The molecule has 0 saturated carbocycles. The highest BCUT2D eigenvalue weighted by Gasteiger charge is 2.12. The summed E-state index contributed by atoms with van der Waals surface area (Å²) in [5, 5.41) is 8.51. The van der Waals surface area contributed by atoms with Crippen molar-refractivity contribution in [3.8, 4) is 0 Å². The Labute approximate surface area is 134 Å². The first kappa shape index (κ1) is 15.8. The molecule has 0 aliphatic heterocycles. The van der Waals surface area contributed by atoms with Crippen LogP contribution in [0.4, 0.5) is 5.69 Å². The van der Waals surface area contributed by atoms with Crippen LogP contribution < -0.4 is 10.6 Å². The van der Waals surface area contributed by atoms with Crippen LogP contribution in [-0.2, 0) is 4.79 Å². The first-order valence-electron chi connectivity index (χ1n) is 7.19. The second-order valence-electron chi connectivity index (χ2n) is 5.71. The minimum Gasteiger partial charge on any atom is -0.374 e. The molecule has 0 aliphatic rings. The van der Waals surface area contributed by atoms with Crippen LogP contribution in [0.15, 0.2) is 40.9 Å². The van der Waals surface area contributed by atoms with Gasteiger partial charge in [-0.15, -0.1) is 0 Å². The number of halogens is 1. The van der Waals surface area contributed by atoms with Gasteiger partial charge in [0.2, 0.25) is 5.91 Å². The fraction of sp³-hybridized carbons (Fsp3) is 0.353.